The molecule has 0 aliphatic heterocycles. The van der Waals surface area contributed by atoms with Crippen molar-refractivity contribution in [2.45, 2.75) is 11.8 Å². The van der Waals surface area contributed by atoms with E-state index in [1.54, 1.807) is 13.0 Å². The third-order valence-corrected chi connectivity index (χ3v) is 5.52. The fourth-order valence-corrected chi connectivity index (χ4v) is 3.47. The summed E-state index contributed by atoms with van der Waals surface area (Å²) in [6.45, 7) is 2.38. The third-order valence-electron chi connectivity index (χ3n) is 3.12. The number of carboxylic acid groups (broad SMARTS) is 1. The van der Waals surface area contributed by atoms with E-state index in [4.69, 9.17) is 9.84 Å². The second-order valence-electron chi connectivity index (χ2n) is 5.07. The first-order valence-electron chi connectivity index (χ1n) is 7.45. The van der Waals surface area contributed by atoms with Gasteiger partial charge in [-0.1, -0.05) is 6.07 Å². The molecule has 0 fully saturated rings. The summed E-state index contributed by atoms with van der Waals surface area (Å²) in [5, 5.41) is 11.2. The summed E-state index contributed by atoms with van der Waals surface area (Å²) in [6.07, 6.45) is 0. The Morgan fingerprint density at radius 3 is 2.64 bits per heavy atom. The van der Waals surface area contributed by atoms with E-state index in [1.165, 1.54) is 31.0 Å². The number of ether oxygens (including phenoxy) is 1. The highest BCUT2D eigenvalue weighted by molar-refractivity contribution is 7.99. The van der Waals surface area contributed by atoms with Crippen LogP contribution in [0.1, 0.15) is 15.9 Å². The fourth-order valence-electron chi connectivity index (χ4n) is 1.87. The number of carbonyl (C=O) groups excluding carboxylic acids is 1. The summed E-state index contributed by atoms with van der Waals surface area (Å²) in [6, 6.07) is 4.33. The van der Waals surface area contributed by atoms with Crippen LogP contribution in [0.25, 0.3) is 0 Å². The number of amides is 1. The number of nitrogens with one attached hydrogen (secondary N) is 2. The van der Waals surface area contributed by atoms with Crippen molar-refractivity contribution < 1.29 is 27.9 Å². The predicted octanol–water partition coefficient (Wildman–Crippen LogP) is 0.467. The van der Waals surface area contributed by atoms with Gasteiger partial charge in [-0.3, -0.25) is 9.59 Å². The van der Waals surface area contributed by atoms with E-state index in [1.807, 2.05) is 0 Å². The molecule has 0 aliphatic carbocycles. The SMILES string of the molecule is COCCNS(=O)(=O)c1ccc(C)c(C(=O)NCCSCC(=O)O)c1. The molecule has 0 unspecified atom stereocenters. The van der Waals surface area contributed by atoms with Crippen LogP contribution in [0.2, 0.25) is 0 Å². The number of aryl methyl sites for hydroxylation is 1. The fraction of sp³-hybridized carbons (Fsp3) is 0.467. The summed E-state index contributed by atoms with van der Waals surface area (Å²) in [4.78, 5) is 22.6. The Bertz CT molecular complexity index is 706. The highest BCUT2D eigenvalue weighted by Gasteiger charge is 2.17. The first-order valence-corrected chi connectivity index (χ1v) is 10.1. The lowest BCUT2D eigenvalue weighted by Crippen LogP contribution is -2.29. The molecule has 1 aromatic carbocycles. The van der Waals surface area contributed by atoms with Gasteiger partial charge >= 0.3 is 5.97 Å². The number of rotatable bonds is 11. The molecule has 0 atom stereocenters. The first-order chi connectivity index (χ1) is 11.8. The van der Waals surface area contributed by atoms with Crippen LogP contribution in [0.3, 0.4) is 0 Å². The van der Waals surface area contributed by atoms with Crippen LogP contribution in [0.4, 0.5) is 0 Å². The van der Waals surface area contributed by atoms with Crippen molar-refractivity contribution in [2.75, 3.05) is 38.3 Å². The number of thioether (sulfide) groups is 1. The van der Waals surface area contributed by atoms with Crippen molar-refractivity contribution in [3.63, 3.8) is 0 Å². The van der Waals surface area contributed by atoms with Gasteiger partial charge in [0, 0.05) is 31.5 Å². The molecule has 1 rings (SSSR count). The second kappa shape index (κ2) is 10.4. The molecular weight excluding hydrogens is 368 g/mol. The van der Waals surface area contributed by atoms with Crippen LogP contribution in [-0.4, -0.2) is 63.7 Å². The van der Waals surface area contributed by atoms with Gasteiger partial charge in [0.1, 0.15) is 0 Å². The number of hydrogen-bond acceptors (Lipinski definition) is 6. The average Bonchev–Trinajstić information content (AvgIpc) is 2.54. The molecule has 0 bridgehead atoms. The maximum absolute atomic E-state index is 12.2. The van der Waals surface area contributed by atoms with Crippen molar-refractivity contribution in [1.29, 1.82) is 0 Å². The number of aliphatic carboxylic acids is 1. The normalized spacial score (nSPS) is 11.3. The van der Waals surface area contributed by atoms with E-state index in [0.717, 1.165) is 0 Å². The van der Waals surface area contributed by atoms with E-state index < -0.39 is 21.9 Å². The van der Waals surface area contributed by atoms with E-state index in [2.05, 4.69) is 10.0 Å². The predicted molar refractivity (Wildman–Crippen MR) is 95.5 cm³/mol. The second-order valence-corrected chi connectivity index (χ2v) is 7.94. The Morgan fingerprint density at radius 2 is 2.00 bits per heavy atom. The Kier molecular flexibility index (Phi) is 8.90. The Labute approximate surface area is 151 Å². The first kappa shape index (κ1) is 21.4. The van der Waals surface area contributed by atoms with Gasteiger partial charge in [0.15, 0.2) is 0 Å². The van der Waals surface area contributed by atoms with Crippen LogP contribution in [0.5, 0.6) is 0 Å². The smallest absolute Gasteiger partial charge is 0.313 e. The topological polar surface area (TPSA) is 122 Å². The van der Waals surface area contributed by atoms with Crippen molar-refractivity contribution in [3.05, 3.63) is 29.3 Å². The number of methoxy groups -OCH3 is 1. The quantitative estimate of drug-likeness (QED) is 0.469. The maximum Gasteiger partial charge on any atom is 0.313 e. The van der Waals surface area contributed by atoms with Crippen LogP contribution in [0, 0.1) is 6.92 Å². The number of benzene rings is 1. The number of hydrogen-bond donors (Lipinski definition) is 3. The van der Waals surface area contributed by atoms with Gasteiger partial charge in [-0.25, -0.2) is 13.1 Å². The zero-order valence-electron chi connectivity index (χ0n) is 14.1. The molecule has 25 heavy (non-hydrogen) atoms. The standard InChI is InChI=1S/C15H22N2O6S2/c1-11-3-4-12(25(21,22)17-5-7-23-2)9-13(11)15(20)16-6-8-24-10-14(18)19/h3-4,9,17H,5-8,10H2,1-2H3,(H,16,20)(H,18,19). The van der Waals surface area contributed by atoms with E-state index in [9.17, 15) is 18.0 Å². The molecule has 3 N–H and O–H groups in total. The highest BCUT2D eigenvalue weighted by atomic mass is 32.2. The molecule has 0 aromatic heterocycles. The lowest BCUT2D eigenvalue weighted by atomic mass is 10.1. The van der Waals surface area contributed by atoms with Gasteiger partial charge in [-0.05, 0) is 24.6 Å². The Balaban J connectivity index is 2.73. The van der Waals surface area contributed by atoms with E-state index >= 15 is 0 Å². The summed E-state index contributed by atoms with van der Waals surface area (Å²) in [5.41, 5.74) is 0.907. The summed E-state index contributed by atoms with van der Waals surface area (Å²) in [7, 11) is -2.25. The maximum atomic E-state index is 12.2. The molecule has 0 saturated carbocycles. The minimum Gasteiger partial charge on any atom is -0.481 e. The van der Waals surface area contributed by atoms with Crippen LogP contribution in [-0.2, 0) is 19.6 Å². The largest absolute Gasteiger partial charge is 0.481 e. The molecule has 1 aromatic rings. The van der Waals surface area contributed by atoms with E-state index in [0.29, 0.717) is 17.9 Å². The monoisotopic (exact) mass is 390 g/mol. The molecule has 8 nitrogen and oxygen atoms in total. The minimum atomic E-state index is -3.72. The highest BCUT2D eigenvalue weighted by Crippen LogP contribution is 2.15. The van der Waals surface area contributed by atoms with E-state index in [-0.39, 0.29) is 29.4 Å². The molecule has 0 heterocycles. The molecule has 0 aliphatic rings. The Morgan fingerprint density at radius 1 is 1.28 bits per heavy atom. The van der Waals surface area contributed by atoms with Crippen molar-refractivity contribution in [1.82, 2.24) is 10.0 Å². The molecule has 0 radical (unpaired) electrons. The molecule has 1 amide bonds. The van der Waals surface area contributed by atoms with Crippen molar-refractivity contribution in [2.24, 2.45) is 0 Å². The molecule has 0 saturated heterocycles. The lowest BCUT2D eigenvalue weighted by Gasteiger charge is -2.11. The van der Waals surface area contributed by atoms with Crippen molar-refractivity contribution >= 4 is 33.7 Å². The molecule has 140 valence electrons. The molecule has 10 heteroatoms. The van der Waals surface area contributed by atoms with Crippen molar-refractivity contribution in [3.8, 4) is 0 Å². The number of carboxylic acids is 1. The Hall–Kier alpha value is -1.62. The third kappa shape index (κ3) is 7.43. The van der Waals surface area contributed by atoms with Gasteiger partial charge in [-0.2, -0.15) is 0 Å². The van der Waals surface area contributed by atoms with Gasteiger partial charge in [-0.15, -0.1) is 11.8 Å². The zero-order valence-corrected chi connectivity index (χ0v) is 15.7. The van der Waals surface area contributed by atoms with Gasteiger partial charge in [0.25, 0.3) is 5.91 Å². The molecular formula is C15H22N2O6S2. The molecule has 0 spiro atoms. The van der Waals surface area contributed by atoms with Crippen LogP contribution in [0.15, 0.2) is 23.1 Å². The summed E-state index contributed by atoms with van der Waals surface area (Å²) < 4.78 is 31.6. The average molecular weight is 390 g/mol. The number of carbonyl (C=O) groups is 2. The van der Waals surface area contributed by atoms with Gasteiger partial charge in [0.05, 0.1) is 17.3 Å². The van der Waals surface area contributed by atoms with Crippen LogP contribution < -0.4 is 10.0 Å². The lowest BCUT2D eigenvalue weighted by molar-refractivity contribution is -0.133. The summed E-state index contributed by atoms with van der Waals surface area (Å²) >= 11 is 1.19. The zero-order chi connectivity index (χ0) is 18.9. The number of sulfonamides is 1. The summed E-state index contributed by atoms with van der Waals surface area (Å²) in [5.74, 6) is -0.892. The van der Waals surface area contributed by atoms with Crippen LogP contribution >= 0.6 is 11.8 Å². The van der Waals surface area contributed by atoms with Gasteiger partial charge < -0.3 is 15.2 Å². The van der Waals surface area contributed by atoms with Gasteiger partial charge in [0.2, 0.25) is 10.0 Å². The minimum absolute atomic E-state index is 0.000365.